The van der Waals surface area contributed by atoms with E-state index in [1.165, 1.54) is 6.20 Å². The molecule has 78 valence electrons. The van der Waals surface area contributed by atoms with Gasteiger partial charge in [-0.15, -0.1) is 0 Å². The Balaban J connectivity index is 2.53. The third-order valence-corrected chi connectivity index (χ3v) is 1.82. The number of nitrogens with zero attached hydrogens (tertiary/aromatic N) is 3. The Morgan fingerprint density at radius 1 is 1.57 bits per heavy atom. The molecule has 1 aromatic heterocycles. The molecule has 0 saturated carbocycles. The highest BCUT2D eigenvalue weighted by atomic mass is 35.5. The van der Waals surface area contributed by atoms with Gasteiger partial charge in [0, 0.05) is 13.1 Å². The van der Waals surface area contributed by atoms with E-state index >= 15 is 0 Å². The van der Waals surface area contributed by atoms with Crippen molar-refractivity contribution in [2.24, 2.45) is 0 Å². The highest BCUT2D eigenvalue weighted by molar-refractivity contribution is 6.28. The maximum atomic E-state index is 5.65. The van der Waals surface area contributed by atoms with Gasteiger partial charge < -0.3 is 16.0 Å². The van der Waals surface area contributed by atoms with Gasteiger partial charge in [0.05, 0.1) is 11.9 Å². The van der Waals surface area contributed by atoms with E-state index in [-0.39, 0.29) is 5.28 Å². The van der Waals surface area contributed by atoms with Crippen LogP contribution in [-0.4, -0.2) is 42.1 Å². The van der Waals surface area contributed by atoms with E-state index in [4.69, 9.17) is 17.3 Å². The number of aromatic nitrogens is 2. The summed E-state index contributed by atoms with van der Waals surface area (Å²) in [6, 6.07) is 0. The van der Waals surface area contributed by atoms with Crippen LogP contribution in [0.1, 0.15) is 0 Å². The molecule has 1 rings (SSSR count). The molecule has 0 fully saturated rings. The number of likely N-dealkylation sites (N-methyl/N-ethyl adjacent to an activating group) is 1. The summed E-state index contributed by atoms with van der Waals surface area (Å²) in [6.45, 7) is 1.67. The molecule has 0 aliphatic heterocycles. The van der Waals surface area contributed by atoms with Crippen LogP contribution < -0.4 is 11.1 Å². The standard InChI is InChI=1S/C8H14ClN5/c1-14(2)4-3-11-7-6(10)5-12-8(9)13-7/h5H,3-4,10H2,1-2H3,(H,11,12,13). The first-order valence-electron chi connectivity index (χ1n) is 4.26. The second-order valence-corrected chi connectivity index (χ2v) is 3.51. The first-order valence-corrected chi connectivity index (χ1v) is 4.64. The van der Waals surface area contributed by atoms with Gasteiger partial charge in [-0.05, 0) is 25.7 Å². The van der Waals surface area contributed by atoms with E-state index < -0.39 is 0 Å². The minimum Gasteiger partial charge on any atom is -0.394 e. The van der Waals surface area contributed by atoms with Crippen LogP contribution in [0.25, 0.3) is 0 Å². The maximum Gasteiger partial charge on any atom is 0.224 e. The first kappa shape index (κ1) is 11.0. The highest BCUT2D eigenvalue weighted by Crippen LogP contribution is 2.14. The second-order valence-electron chi connectivity index (χ2n) is 3.17. The Morgan fingerprint density at radius 2 is 2.29 bits per heavy atom. The quantitative estimate of drug-likeness (QED) is 0.724. The lowest BCUT2D eigenvalue weighted by atomic mass is 10.4. The molecular formula is C8H14ClN5. The van der Waals surface area contributed by atoms with Crippen LogP contribution in [0.3, 0.4) is 0 Å². The molecule has 0 bridgehead atoms. The zero-order chi connectivity index (χ0) is 10.6. The summed E-state index contributed by atoms with van der Waals surface area (Å²) in [5.74, 6) is 0.590. The minimum atomic E-state index is 0.201. The van der Waals surface area contributed by atoms with Gasteiger partial charge >= 0.3 is 0 Å². The van der Waals surface area contributed by atoms with Crippen LogP contribution in [0.15, 0.2) is 6.20 Å². The average molecular weight is 216 g/mol. The molecule has 0 aliphatic rings. The van der Waals surface area contributed by atoms with E-state index in [9.17, 15) is 0 Å². The van der Waals surface area contributed by atoms with Crippen molar-refractivity contribution in [3.05, 3.63) is 11.5 Å². The van der Waals surface area contributed by atoms with Gasteiger partial charge in [-0.2, -0.15) is 4.98 Å². The lowest BCUT2D eigenvalue weighted by Crippen LogP contribution is -2.21. The monoisotopic (exact) mass is 215 g/mol. The molecule has 6 heteroatoms. The molecule has 0 amide bonds. The summed E-state index contributed by atoms with van der Waals surface area (Å²) < 4.78 is 0. The van der Waals surface area contributed by atoms with Crippen molar-refractivity contribution in [1.82, 2.24) is 14.9 Å². The molecular weight excluding hydrogens is 202 g/mol. The Kier molecular flexibility index (Phi) is 3.91. The van der Waals surface area contributed by atoms with Gasteiger partial charge in [-0.25, -0.2) is 4.98 Å². The van der Waals surface area contributed by atoms with Crippen LogP contribution >= 0.6 is 11.6 Å². The van der Waals surface area contributed by atoms with E-state index in [1.807, 2.05) is 14.1 Å². The van der Waals surface area contributed by atoms with Crippen molar-refractivity contribution in [3.8, 4) is 0 Å². The summed E-state index contributed by atoms with van der Waals surface area (Å²) in [5.41, 5.74) is 6.15. The molecule has 0 radical (unpaired) electrons. The molecule has 5 nitrogen and oxygen atoms in total. The SMILES string of the molecule is CN(C)CCNc1nc(Cl)ncc1N. The van der Waals surface area contributed by atoms with Gasteiger partial charge in [-0.3, -0.25) is 0 Å². The number of rotatable bonds is 4. The number of nitrogens with one attached hydrogen (secondary N) is 1. The number of nitrogen functional groups attached to an aromatic ring is 1. The van der Waals surface area contributed by atoms with Gasteiger partial charge in [-0.1, -0.05) is 0 Å². The first-order chi connectivity index (χ1) is 6.59. The summed E-state index contributed by atoms with van der Waals surface area (Å²) in [4.78, 5) is 9.79. The number of anilines is 2. The van der Waals surface area contributed by atoms with E-state index in [0.717, 1.165) is 13.1 Å². The average Bonchev–Trinajstić information content (AvgIpc) is 2.10. The van der Waals surface area contributed by atoms with E-state index in [0.29, 0.717) is 11.5 Å². The zero-order valence-corrected chi connectivity index (χ0v) is 9.04. The van der Waals surface area contributed by atoms with Crippen molar-refractivity contribution in [2.75, 3.05) is 38.2 Å². The van der Waals surface area contributed by atoms with E-state index in [2.05, 4.69) is 20.2 Å². The van der Waals surface area contributed by atoms with E-state index in [1.54, 1.807) is 0 Å². The molecule has 0 aromatic carbocycles. The molecule has 1 aromatic rings. The summed E-state index contributed by atoms with van der Waals surface area (Å²) in [6.07, 6.45) is 1.49. The molecule has 0 aliphatic carbocycles. The normalized spacial score (nSPS) is 10.6. The molecule has 3 N–H and O–H groups in total. The summed E-state index contributed by atoms with van der Waals surface area (Å²) in [5, 5.41) is 3.28. The van der Waals surface area contributed by atoms with Crippen LogP contribution in [0.2, 0.25) is 5.28 Å². The van der Waals surface area contributed by atoms with Gasteiger partial charge in [0.15, 0.2) is 5.82 Å². The lowest BCUT2D eigenvalue weighted by Gasteiger charge is -2.11. The molecule has 14 heavy (non-hydrogen) atoms. The largest absolute Gasteiger partial charge is 0.394 e. The van der Waals surface area contributed by atoms with Crippen LogP contribution in [0.5, 0.6) is 0 Å². The summed E-state index contributed by atoms with van der Waals surface area (Å²) in [7, 11) is 4.00. The van der Waals surface area contributed by atoms with Crippen LogP contribution in [0.4, 0.5) is 11.5 Å². The van der Waals surface area contributed by atoms with Crippen LogP contribution in [0, 0.1) is 0 Å². The van der Waals surface area contributed by atoms with Gasteiger partial charge in [0.25, 0.3) is 0 Å². The Bertz CT molecular complexity index is 302. The minimum absolute atomic E-state index is 0.201. The van der Waals surface area contributed by atoms with Crippen molar-refractivity contribution >= 4 is 23.1 Å². The topological polar surface area (TPSA) is 67.1 Å². The third kappa shape index (κ3) is 3.35. The summed E-state index contributed by atoms with van der Waals surface area (Å²) >= 11 is 5.63. The number of hydrogen-bond acceptors (Lipinski definition) is 5. The number of hydrogen-bond donors (Lipinski definition) is 2. The Hall–Kier alpha value is -1.07. The molecule has 0 unspecified atom stereocenters. The second kappa shape index (κ2) is 4.97. The van der Waals surface area contributed by atoms with Crippen LogP contribution in [-0.2, 0) is 0 Å². The third-order valence-electron chi connectivity index (χ3n) is 1.64. The Morgan fingerprint density at radius 3 is 2.93 bits per heavy atom. The zero-order valence-electron chi connectivity index (χ0n) is 8.29. The highest BCUT2D eigenvalue weighted by Gasteiger charge is 2.01. The molecule has 0 atom stereocenters. The number of halogens is 1. The van der Waals surface area contributed by atoms with Crippen molar-refractivity contribution < 1.29 is 0 Å². The van der Waals surface area contributed by atoms with Crippen molar-refractivity contribution in [1.29, 1.82) is 0 Å². The fourth-order valence-electron chi connectivity index (χ4n) is 0.909. The molecule has 0 spiro atoms. The maximum absolute atomic E-state index is 5.65. The van der Waals surface area contributed by atoms with Gasteiger partial charge in [0.1, 0.15) is 0 Å². The fourth-order valence-corrected chi connectivity index (χ4v) is 1.04. The smallest absolute Gasteiger partial charge is 0.224 e. The van der Waals surface area contributed by atoms with Crippen molar-refractivity contribution in [3.63, 3.8) is 0 Å². The molecule has 1 heterocycles. The Labute approximate surface area is 88.3 Å². The van der Waals surface area contributed by atoms with Gasteiger partial charge in [0.2, 0.25) is 5.28 Å². The lowest BCUT2D eigenvalue weighted by molar-refractivity contribution is 0.425. The predicted molar refractivity (Wildman–Crippen MR) is 58.5 cm³/mol. The molecule has 0 saturated heterocycles. The van der Waals surface area contributed by atoms with Crippen molar-refractivity contribution in [2.45, 2.75) is 0 Å². The number of nitrogens with two attached hydrogens (primary N) is 1. The predicted octanol–water partition coefficient (Wildman–Crippen LogP) is 0.686. The fraction of sp³-hybridized carbons (Fsp3) is 0.500.